The van der Waals surface area contributed by atoms with Crippen LogP contribution < -0.4 is 10.5 Å². The molecule has 1 aliphatic heterocycles. The molecule has 4 fully saturated rings. The zero-order valence-corrected chi connectivity index (χ0v) is 24.9. The van der Waals surface area contributed by atoms with Crippen LogP contribution in [0.25, 0.3) is 0 Å². The number of halogens is 1. The summed E-state index contributed by atoms with van der Waals surface area (Å²) >= 11 is 0. The number of anilines is 1. The minimum atomic E-state index is -1.57. The zero-order valence-electron chi connectivity index (χ0n) is 24.9. The molecule has 0 radical (unpaired) electrons. The minimum Gasteiger partial charge on any atom is -0.486 e. The number of aliphatic hydroxyl groups is 2. The average Bonchev–Trinajstić information content (AvgIpc) is 3.49. The highest BCUT2D eigenvalue weighted by Crippen LogP contribution is 2.70. The normalized spacial score (nSPS) is 38.8. The van der Waals surface area contributed by atoms with Crippen LogP contribution in [0.3, 0.4) is 0 Å². The number of hydrogen-bond acceptors (Lipinski definition) is 8. The summed E-state index contributed by atoms with van der Waals surface area (Å²) in [5.74, 6) is -1.38. The first-order valence-corrected chi connectivity index (χ1v) is 15.4. The van der Waals surface area contributed by atoms with E-state index in [0.717, 1.165) is 24.0 Å². The van der Waals surface area contributed by atoms with Crippen molar-refractivity contribution in [3.8, 4) is 5.75 Å². The van der Waals surface area contributed by atoms with Crippen molar-refractivity contribution in [1.82, 2.24) is 0 Å². The molecule has 0 amide bonds. The van der Waals surface area contributed by atoms with E-state index in [4.69, 9.17) is 19.9 Å². The third-order valence-corrected chi connectivity index (χ3v) is 11.4. The van der Waals surface area contributed by atoms with Gasteiger partial charge in [-0.25, -0.2) is 4.39 Å². The van der Waals surface area contributed by atoms with Gasteiger partial charge in [0, 0.05) is 28.0 Å². The second-order valence-electron chi connectivity index (χ2n) is 13.5. The second-order valence-corrected chi connectivity index (χ2v) is 13.5. The first-order valence-electron chi connectivity index (χ1n) is 15.4. The van der Waals surface area contributed by atoms with Gasteiger partial charge in [0.05, 0.1) is 12.2 Å². The van der Waals surface area contributed by atoms with Gasteiger partial charge in [0.25, 0.3) is 0 Å². The Morgan fingerprint density at radius 2 is 2.00 bits per heavy atom. The lowest BCUT2D eigenvalue weighted by Crippen LogP contribution is -2.63. The fourth-order valence-electron chi connectivity index (χ4n) is 9.49. The van der Waals surface area contributed by atoms with Crippen molar-refractivity contribution in [3.05, 3.63) is 83.2 Å². The molecule has 4 aliphatic carbocycles. The molecule has 0 bridgehead atoms. The lowest BCUT2D eigenvalue weighted by Gasteiger charge is -2.59. The molecule has 4 N–H and O–H groups in total. The second kappa shape index (κ2) is 10.3. The SMILES string of the molecule is C[C@]12C=CC(=O)C=C1CC[C@@H]1[C@@H]2[C@@H](O)C[C@@]2(C)[C@H]1C[C@H]1O[C@@H](c3cccc(OCc4cccc(N)c4)c3F)O[C@]12C(=O)CO. The first kappa shape index (κ1) is 29.3. The summed E-state index contributed by atoms with van der Waals surface area (Å²) in [6.45, 7) is 3.38. The molecule has 3 saturated carbocycles. The van der Waals surface area contributed by atoms with Crippen molar-refractivity contribution in [2.24, 2.45) is 28.6 Å². The van der Waals surface area contributed by atoms with Gasteiger partial charge >= 0.3 is 0 Å². The number of ether oxygens (including phenoxy) is 3. The van der Waals surface area contributed by atoms with Crippen molar-refractivity contribution in [2.45, 2.75) is 70.2 Å². The van der Waals surface area contributed by atoms with Crippen LogP contribution in [0.15, 0.2) is 66.3 Å². The summed E-state index contributed by atoms with van der Waals surface area (Å²) in [4.78, 5) is 25.9. The van der Waals surface area contributed by atoms with E-state index in [0.29, 0.717) is 12.1 Å². The van der Waals surface area contributed by atoms with Gasteiger partial charge in [0.1, 0.15) is 13.2 Å². The summed E-state index contributed by atoms with van der Waals surface area (Å²) in [6, 6.07) is 11.9. The predicted octanol–water partition coefficient (Wildman–Crippen LogP) is 4.59. The fraction of sp³-hybridized carbons (Fsp3) is 0.486. The number of rotatable bonds is 6. The minimum absolute atomic E-state index is 0.00932. The Morgan fingerprint density at radius 3 is 2.77 bits per heavy atom. The number of allylic oxidation sites excluding steroid dienone is 4. The number of hydrogen-bond donors (Lipinski definition) is 3. The molecule has 232 valence electrons. The molecule has 1 saturated heterocycles. The van der Waals surface area contributed by atoms with Crippen molar-refractivity contribution in [3.63, 3.8) is 0 Å². The molecule has 2 aromatic rings. The van der Waals surface area contributed by atoms with Crippen LogP contribution in [-0.4, -0.2) is 46.2 Å². The molecule has 1 heterocycles. The molecule has 9 atom stereocenters. The Morgan fingerprint density at radius 1 is 1.20 bits per heavy atom. The topological polar surface area (TPSA) is 128 Å². The molecule has 9 heteroatoms. The maximum absolute atomic E-state index is 15.9. The van der Waals surface area contributed by atoms with Gasteiger partial charge in [-0.2, -0.15) is 0 Å². The number of Topliss-reactive ketones (excluding diaryl/α,β-unsaturated/α-hetero) is 1. The quantitative estimate of drug-likeness (QED) is 0.409. The third-order valence-electron chi connectivity index (χ3n) is 11.4. The lowest BCUT2D eigenvalue weighted by molar-refractivity contribution is -0.201. The van der Waals surface area contributed by atoms with E-state index >= 15 is 4.39 Å². The van der Waals surface area contributed by atoms with Crippen molar-refractivity contribution < 1.29 is 38.4 Å². The Hall–Kier alpha value is -3.37. The smallest absolute Gasteiger partial charge is 0.193 e. The fourth-order valence-corrected chi connectivity index (χ4v) is 9.49. The molecule has 0 spiro atoms. The van der Waals surface area contributed by atoms with Gasteiger partial charge in [-0.3, -0.25) is 9.59 Å². The number of ketones is 2. The zero-order chi connectivity index (χ0) is 31.0. The molecule has 44 heavy (non-hydrogen) atoms. The van der Waals surface area contributed by atoms with Crippen molar-refractivity contribution >= 4 is 17.3 Å². The largest absolute Gasteiger partial charge is 0.486 e. The van der Waals surface area contributed by atoms with Gasteiger partial charge in [0.2, 0.25) is 0 Å². The standard InChI is InChI=1S/C35H38FNO7/c1-33-12-11-22(39)14-20(33)9-10-23-25-15-29-35(28(41)17-38,34(25,2)16-26(40)30(23)33)44-32(43-29)24-7-4-8-27(31(24)36)42-18-19-5-3-6-21(37)13-19/h3-8,11-14,23,25-26,29-30,32,38,40H,9-10,15-18,37H2,1-2H3/t23-,25-,26-,29+,30+,32+,33-,34-,35+/m0/s1. The summed E-state index contributed by atoms with van der Waals surface area (Å²) in [6.07, 6.45) is 4.68. The monoisotopic (exact) mass is 603 g/mol. The number of carbonyl (C=O) groups excluding carboxylic acids is 2. The first-order chi connectivity index (χ1) is 21.0. The number of benzene rings is 2. The molecular weight excluding hydrogens is 565 g/mol. The van der Waals surface area contributed by atoms with Gasteiger partial charge in [-0.05, 0) is 73.4 Å². The average molecular weight is 604 g/mol. The van der Waals surface area contributed by atoms with E-state index in [1.54, 1.807) is 42.5 Å². The van der Waals surface area contributed by atoms with Crippen LogP contribution in [0.1, 0.15) is 56.9 Å². The van der Waals surface area contributed by atoms with E-state index in [-0.39, 0.29) is 47.9 Å². The number of fused-ring (bicyclic) bond motifs is 7. The van der Waals surface area contributed by atoms with Crippen LogP contribution in [0.5, 0.6) is 5.75 Å². The summed E-state index contributed by atoms with van der Waals surface area (Å²) in [5.41, 5.74) is 5.44. The van der Waals surface area contributed by atoms with Gasteiger partial charge in [-0.15, -0.1) is 0 Å². The van der Waals surface area contributed by atoms with Crippen LogP contribution >= 0.6 is 0 Å². The summed E-state index contributed by atoms with van der Waals surface area (Å²) < 4.78 is 34.7. The highest BCUT2D eigenvalue weighted by atomic mass is 19.1. The summed E-state index contributed by atoms with van der Waals surface area (Å²) in [7, 11) is 0. The van der Waals surface area contributed by atoms with Crippen LogP contribution in [-0.2, 0) is 25.7 Å². The van der Waals surface area contributed by atoms with Crippen molar-refractivity contribution in [1.29, 1.82) is 0 Å². The van der Waals surface area contributed by atoms with Crippen molar-refractivity contribution in [2.75, 3.05) is 12.3 Å². The number of nitrogen functional groups attached to an aromatic ring is 1. The van der Waals surface area contributed by atoms with Crippen LogP contribution in [0.4, 0.5) is 10.1 Å². The maximum Gasteiger partial charge on any atom is 0.193 e. The highest BCUT2D eigenvalue weighted by Gasteiger charge is 2.76. The summed E-state index contributed by atoms with van der Waals surface area (Å²) in [5, 5.41) is 22.0. The molecule has 0 aromatic heterocycles. The predicted molar refractivity (Wildman–Crippen MR) is 158 cm³/mol. The Kier molecular flexibility index (Phi) is 6.90. The number of carbonyl (C=O) groups is 2. The molecule has 0 unspecified atom stereocenters. The lowest BCUT2D eigenvalue weighted by atomic mass is 9.46. The maximum atomic E-state index is 15.9. The Balaban J connectivity index is 1.19. The third kappa shape index (κ3) is 4.09. The molecule has 5 aliphatic rings. The highest BCUT2D eigenvalue weighted by molar-refractivity contribution is 6.01. The van der Waals surface area contributed by atoms with Gasteiger partial charge in [0.15, 0.2) is 35.0 Å². The van der Waals surface area contributed by atoms with E-state index < -0.39 is 53.1 Å². The molecule has 7 rings (SSSR count). The Bertz CT molecular complexity index is 1590. The molecule has 8 nitrogen and oxygen atoms in total. The van der Waals surface area contributed by atoms with E-state index in [1.807, 2.05) is 19.1 Å². The Labute approximate surface area is 255 Å². The van der Waals surface area contributed by atoms with Gasteiger partial charge in [-0.1, -0.05) is 49.8 Å². The molecular formula is C35H38FNO7. The van der Waals surface area contributed by atoms with Crippen LogP contribution in [0, 0.1) is 34.4 Å². The molecule has 2 aromatic carbocycles. The number of aliphatic hydroxyl groups excluding tert-OH is 2. The van der Waals surface area contributed by atoms with E-state index in [1.165, 1.54) is 6.07 Å². The van der Waals surface area contributed by atoms with Crippen LogP contribution in [0.2, 0.25) is 0 Å². The van der Waals surface area contributed by atoms with E-state index in [9.17, 15) is 19.8 Å². The van der Waals surface area contributed by atoms with E-state index in [2.05, 4.69) is 6.92 Å². The number of nitrogens with two attached hydrogens (primary N) is 1. The van der Waals surface area contributed by atoms with Gasteiger partial charge < -0.3 is 30.2 Å².